The van der Waals surface area contributed by atoms with Crippen LogP contribution in [0.5, 0.6) is 0 Å². The second kappa shape index (κ2) is 9.06. The van der Waals surface area contributed by atoms with Crippen LogP contribution < -0.4 is 4.90 Å². The van der Waals surface area contributed by atoms with Gasteiger partial charge in [-0.2, -0.15) is 18.4 Å². The average Bonchev–Trinajstić information content (AvgIpc) is 3.21. The van der Waals surface area contributed by atoms with Crippen LogP contribution in [0.25, 0.3) is 0 Å². The summed E-state index contributed by atoms with van der Waals surface area (Å²) >= 11 is 0. The number of rotatable bonds is 5. The number of hydrogen-bond acceptors (Lipinski definition) is 4. The Morgan fingerprint density at radius 1 is 1.21 bits per heavy atom. The van der Waals surface area contributed by atoms with E-state index in [1.807, 2.05) is 34.9 Å². The molecule has 0 saturated carbocycles. The molecule has 0 aliphatic carbocycles. The van der Waals surface area contributed by atoms with Crippen LogP contribution in [0, 0.1) is 22.7 Å². The molecule has 2 aromatic carbocycles. The Labute approximate surface area is 191 Å². The van der Waals surface area contributed by atoms with Crippen molar-refractivity contribution < 1.29 is 22.7 Å². The zero-order valence-electron chi connectivity index (χ0n) is 18.4. The van der Waals surface area contributed by atoms with Crippen molar-refractivity contribution in [3.05, 3.63) is 65.2 Å². The van der Waals surface area contributed by atoms with Gasteiger partial charge in [0.1, 0.15) is 0 Å². The topological polar surface area (TPSA) is 56.6 Å². The van der Waals surface area contributed by atoms with Gasteiger partial charge in [-0.15, -0.1) is 0 Å². The lowest BCUT2D eigenvalue weighted by atomic mass is 9.73. The Bertz CT molecular complexity index is 1050. The Balaban J connectivity index is 1.61. The van der Waals surface area contributed by atoms with Gasteiger partial charge in [0.2, 0.25) is 0 Å². The fraction of sp³-hybridized carbons (Fsp3) is 0.440. The van der Waals surface area contributed by atoms with E-state index in [1.54, 1.807) is 24.3 Å². The molecule has 0 aromatic heterocycles. The molecule has 174 valence electrons. The summed E-state index contributed by atoms with van der Waals surface area (Å²) in [6.07, 6.45) is -3.85. The molecule has 2 aliphatic heterocycles. The van der Waals surface area contributed by atoms with Crippen LogP contribution in [0.2, 0.25) is 0 Å². The van der Waals surface area contributed by atoms with Gasteiger partial charge in [-0.3, -0.25) is 4.79 Å². The molecule has 0 spiro atoms. The van der Waals surface area contributed by atoms with Crippen LogP contribution in [-0.4, -0.2) is 50.2 Å². The van der Waals surface area contributed by atoms with Crippen LogP contribution in [0.3, 0.4) is 0 Å². The number of hydrogen-bond donors (Lipinski definition) is 0. The quantitative estimate of drug-likeness (QED) is 0.660. The van der Waals surface area contributed by atoms with Gasteiger partial charge in [0.15, 0.2) is 0 Å². The first-order valence-corrected chi connectivity index (χ1v) is 11.1. The largest absolute Gasteiger partial charge is 0.417 e. The van der Waals surface area contributed by atoms with Gasteiger partial charge >= 0.3 is 6.18 Å². The standard InChI is InChI=1S/C25H26F3N3O2/c1-2-33-17-24-15-30(23(32)18-6-4-3-5-7-18)11-10-20(24)14-31(16-24)21-9-8-19(13-29)22(12-21)25(26,27)28/h3-9,12,20H,2,10-11,14-17H2,1H3/t20-,24+/m0/s1. The third-order valence-electron chi connectivity index (χ3n) is 6.76. The summed E-state index contributed by atoms with van der Waals surface area (Å²) in [5.41, 5.74) is -0.610. The number of carbonyl (C=O) groups excluding carboxylic acids is 1. The third-order valence-corrected chi connectivity index (χ3v) is 6.76. The molecule has 2 heterocycles. The van der Waals surface area contributed by atoms with Crippen molar-refractivity contribution in [3.8, 4) is 6.07 Å². The number of anilines is 1. The molecule has 5 nitrogen and oxygen atoms in total. The summed E-state index contributed by atoms with van der Waals surface area (Å²) in [4.78, 5) is 16.9. The minimum absolute atomic E-state index is 0.0406. The van der Waals surface area contributed by atoms with Crippen LogP contribution in [0.1, 0.15) is 34.8 Å². The van der Waals surface area contributed by atoms with Crippen molar-refractivity contribution in [1.29, 1.82) is 5.26 Å². The smallest absolute Gasteiger partial charge is 0.381 e. The van der Waals surface area contributed by atoms with E-state index in [0.717, 1.165) is 12.5 Å². The Kier molecular flexibility index (Phi) is 6.35. The lowest BCUT2D eigenvalue weighted by Gasteiger charge is -2.43. The summed E-state index contributed by atoms with van der Waals surface area (Å²) in [5, 5.41) is 9.10. The van der Waals surface area contributed by atoms with Crippen molar-refractivity contribution in [3.63, 3.8) is 0 Å². The maximum absolute atomic E-state index is 13.5. The highest BCUT2D eigenvalue weighted by atomic mass is 19.4. The summed E-state index contributed by atoms with van der Waals surface area (Å²) < 4.78 is 46.3. The second-order valence-corrected chi connectivity index (χ2v) is 8.80. The number of amides is 1. The number of likely N-dealkylation sites (tertiary alicyclic amines) is 1. The van der Waals surface area contributed by atoms with Gasteiger partial charge in [0.05, 0.1) is 23.8 Å². The van der Waals surface area contributed by atoms with Crippen molar-refractivity contribution in [2.45, 2.75) is 19.5 Å². The number of ether oxygens (including phenoxy) is 1. The van der Waals surface area contributed by atoms with Crippen molar-refractivity contribution in [1.82, 2.24) is 4.90 Å². The number of piperidine rings is 1. The van der Waals surface area contributed by atoms with Crippen molar-refractivity contribution in [2.75, 3.05) is 44.3 Å². The third kappa shape index (κ3) is 4.55. The van der Waals surface area contributed by atoms with E-state index in [4.69, 9.17) is 10.00 Å². The zero-order valence-corrected chi connectivity index (χ0v) is 18.4. The fourth-order valence-corrected chi connectivity index (χ4v) is 5.09. The number of fused-ring (bicyclic) bond motifs is 1. The maximum atomic E-state index is 13.5. The Morgan fingerprint density at radius 3 is 2.64 bits per heavy atom. The van der Waals surface area contributed by atoms with E-state index in [0.29, 0.717) is 50.6 Å². The van der Waals surface area contributed by atoms with Crippen LogP contribution in [-0.2, 0) is 10.9 Å². The minimum Gasteiger partial charge on any atom is -0.381 e. The molecule has 0 unspecified atom stereocenters. The van der Waals surface area contributed by atoms with Gasteiger partial charge in [-0.1, -0.05) is 18.2 Å². The second-order valence-electron chi connectivity index (χ2n) is 8.80. The van der Waals surface area contributed by atoms with Crippen LogP contribution >= 0.6 is 0 Å². The molecule has 2 atom stereocenters. The predicted molar refractivity (Wildman–Crippen MR) is 118 cm³/mol. The SMILES string of the molecule is CCOC[C@]12CN(C(=O)c3ccccc3)CC[C@H]1CN(c1ccc(C#N)c(C(F)(F)F)c1)C2. The summed E-state index contributed by atoms with van der Waals surface area (Å²) in [6, 6.07) is 14.6. The van der Waals surface area contributed by atoms with Gasteiger partial charge in [-0.25, -0.2) is 0 Å². The molecule has 0 N–H and O–H groups in total. The number of benzene rings is 2. The Hall–Kier alpha value is -3.05. The van der Waals surface area contributed by atoms with Gasteiger partial charge < -0.3 is 14.5 Å². The first kappa shape index (κ1) is 23.1. The van der Waals surface area contributed by atoms with Crippen molar-refractivity contribution in [2.24, 2.45) is 11.3 Å². The molecular weight excluding hydrogens is 431 g/mol. The number of nitriles is 1. The van der Waals surface area contributed by atoms with Gasteiger partial charge in [-0.05, 0) is 49.6 Å². The molecule has 33 heavy (non-hydrogen) atoms. The lowest BCUT2D eigenvalue weighted by Crippen LogP contribution is -2.53. The first-order chi connectivity index (χ1) is 15.8. The molecule has 2 aliphatic rings. The molecule has 2 aromatic rings. The van der Waals surface area contributed by atoms with E-state index in [2.05, 4.69) is 0 Å². The summed E-state index contributed by atoms with van der Waals surface area (Å²) in [5.74, 6) is 0.148. The maximum Gasteiger partial charge on any atom is 0.417 e. The van der Waals surface area contributed by atoms with Crippen LogP contribution in [0.15, 0.2) is 48.5 Å². The molecule has 4 rings (SSSR count). The normalized spacial score (nSPS) is 22.7. The molecule has 2 saturated heterocycles. The highest BCUT2D eigenvalue weighted by Crippen LogP contribution is 2.45. The van der Waals surface area contributed by atoms with E-state index in [1.165, 1.54) is 6.07 Å². The van der Waals surface area contributed by atoms with E-state index >= 15 is 0 Å². The summed E-state index contributed by atoms with van der Waals surface area (Å²) in [6.45, 7) is 5.03. The fourth-order valence-electron chi connectivity index (χ4n) is 5.09. The number of alkyl halides is 3. The van der Waals surface area contributed by atoms with E-state index < -0.39 is 11.7 Å². The van der Waals surface area contributed by atoms with Crippen LogP contribution in [0.4, 0.5) is 18.9 Å². The number of nitrogens with zero attached hydrogens (tertiary/aromatic N) is 3. The summed E-state index contributed by atoms with van der Waals surface area (Å²) in [7, 11) is 0. The zero-order chi connectivity index (χ0) is 23.6. The average molecular weight is 457 g/mol. The van der Waals surface area contributed by atoms with Gasteiger partial charge in [0.25, 0.3) is 5.91 Å². The molecule has 8 heteroatoms. The monoisotopic (exact) mass is 457 g/mol. The minimum atomic E-state index is -4.60. The highest BCUT2D eigenvalue weighted by Gasteiger charge is 2.51. The lowest BCUT2D eigenvalue weighted by molar-refractivity contribution is -0.137. The molecule has 0 radical (unpaired) electrons. The molecule has 2 fully saturated rings. The highest BCUT2D eigenvalue weighted by molar-refractivity contribution is 5.94. The predicted octanol–water partition coefficient (Wildman–Crippen LogP) is 4.58. The van der Waals surface area contributed by atoms with Crippen molar-refractivity contribution >= 4 is 11.6 Å². The molecule has 1 amide bonds. The Morgan fingerprint density at radius 2 is 1.97 bits per heavy atom. The number of carbonyl (C=O) groups is 1. The van der Waals surface area contributed by atoms with E-state index in [9.17, 15) is 18.0 Å². The molecule has 0 bridgehead atoms. The first-order valence-electron chi connectivity index (χ1n) is 11.1. The number of halogens is 3. The molecular formula is C25H26F3N3O2. The van der Waals surface area contributed by atoms with Gasteiger partial charge in [0, 0.05) is 49.5 Å². The van der Waals surface area contributed by atoms with E-state index in [-0.39, 0.29) is 22.8 Å².